The van der Waals surface area contributed by atoms with Gasteiger partial charge in [0.05, 0.1) is 4.90 Å². The highest BCUT2D eigenvalue weighted by atomic mass is 32.2. The first-order chi connectivity index (χ1) is 10.6. The van der Waals surface area contributed by atoms with Crippen LogP contribution in [0.25, 0.3) is 0 Å². The molecule has 0 saturated heterocycles. The van der Waals surface area contributed by atoms with Crippen molar-refractivity contribution in [2.75, 3.05) is 13.1 Å². The second-order valence-corrected chi connectivity index (χ2v) is 8.11. The van der Waals surface area contributed by atoms with E-state index in [-0.39, 0.29) is 18.9 Å². The van der Waals surface area contributed by atoms with E-state index in [1.54, 1.807) is 13.8 Å². The highest BCUT2D eigenvalue weighted by molar-refractivity contribution is 7.89. The van der Waals surface area contributed by atoms with Crippen molar-refractivity contribution in [2.24, 2.45) is 5.92 Å². The fraction of sp³-hybridized carbons (Fsp3) is 0.588. The van der Waals surface area contributed by atoms with Gasteiger partial charge in [-0.05, 0) is 44.2 Å². The largest absolute Gasteiger partial charge is 0.356 e. The molecule has 5 nitrogen and oxygen atoms in total. The number of sulfonamides is 1. The summed E-state index contributed by atoms with van der Waals surface area (Å²) in [5, 5.41) is 2.80. The SMILES string of the molecule is Cc1cc(C)c(S(=O)(=O)NCCC(=O)NCCC(C)C)c(C)c1. The number of rotatable bonds is 8. The maximum Gasteiger partial charge on any atom is 0.241 e. The van der Waals surface area contributed by atoms with Gasteiger partial charge in [-0.2, -0.15) is 0 Å². The Labute approximate surface area is 139 Å². The Bertz CT molecular complexity index is 629. The van der Waals surface area contributed by atoms with E-state index >= 15 is 0 Å². The predicted molar refractivity (Wildman–Crippen MR) is 92.9 cm³/mol. The first-order valence-corrected chi connectivity index (χ1v) is 9.46. The predicted octanol–water partition coefficient (Wildman–Crippen LogP) is 2.44. The van der Waals surface area contributed by atoms with E-state index in [2.05, 4.69) is 23.9 Å². The van der Waals surface area contributed by atoms with Crippen LogP contribution >= 0.6 is 0 Å². The molecule has 130 valence electrons. The first kappa shape index (κ1) is 19.6. The van der Waals surface area contributed by atoms with Crippen LogP contribution in [0.4, 0.5) is 0 Å². The molecule has 1 rings (SSSR count). The Morgan fingerprint density at radius 1 is 1.09 bits per heavy atom. The van der Waals surface area contributed by atoms with Crippen LogP contribution in [0.2, 0.25) is 0 Å². The van der Waals surface area contributed by atoms with Gasteiger partial charge in [-0.1, -0.05) is 31.5 Å². The van der Waals surface area contributed by atoms with E-state index < -0.39 is 10.0 Å². The monoisotopic (exact) mass is 340 g/mol. The maximum absolute atomic E-state index is 12.4. The van der Waals surface area contributed by atoms with Gasteiger partial charge >= 0.3 is 0 Å². The number of carbonyl (C=O) groups is 1. The Morgan fingerprint density at radius 3 is 2.17 bits per heavy atom. The van der Waals surface area contributed by atoms with Gasteiger partial charge in [-0.25, -0.2) is 13.1 Å². The summed E-state index contributed by atoms with van der Waals surface area (Å²) < 4.78 is 27.4. The summed E-state index contributed by atoms with van der Waals surface area (Å²) in [6, 6.07) is 3.69. The Kier molecular flexibility index (Phi) is 7.22. The molecule has 0 bridgehead atoms. The molecule has 2 N–H and O–H groups in total. The van der Waals surface area contributed by atoms with Crippen molar-refractivity contribution >= 4 is 15.9 Å². The number of hydrogen-bond acceptors (Lipinski definition) is 3. The van der Waals surface area contributed by atoms with Gasteiger partial charge in [0, 0.05) is 19.5 Å². The molecule has 0 aliphatic carbocycles. The lowest BCUT2D eigenvalue weighted by atomic mass is 10.1. The van der Waals surface area contributed by atoms with Crippen molar-refractivity contribution in [1.82, 2.24) is 10.0 Å². The van der Waals surface area contributed by atoms with Crippen LogP contribution in [0.5, 0.6) is 0 Å². The standard InChI is InChI=1S/C17H28N2O3S/c1-12(2)6-8-18-16(20)7-9-19-23(21,22)17-14(4)10-13(3)11-15(17)5/h10-12,19H,6-9H2,1-5H3,(H,18,20). The topological polar surface area (TPSA) is 75.3 Å². The van der Waals surface area contributed by atoms with E-state index in [4.69, 9.17) is 0 Å². The van der Waals surface area contributed by atoms with Crippen LogP contribution in [0.1, 0.15) is 43.4 Å². The van der Waals surface area contributed by atoms with E-state index in [1.807, 2.05) is 19.1 Å². The van der Waals surface area contributed by atoms with Crippen LogP contribution < -0.4 is 10.0 Å². The molecule has 0 unspecified atom stereocenters. The molecular weight excluding hydrogens is 312 g/mol. The molecule has 0 atom stereocenters. The normalized spacial score (nSPS) is 11.7. The van der Waals surface area contributed by atoms with Gasteiger partial charge < -0.3 is 5.32 Å². The highest BCUT2D eigenvalue weighted by Crippen LogP contribution is 2.21. The summed E-state index contributed by atoms with van der Waals surface area (Å²) in [6.07, 6.45) is 1.06. The van der Waals surface area contributed by atoms with E-state index in [1.165, 1.54) is 0 Å². The molecule has 6 heteroatoms. The van der Waals surface area contributed by atoms with Crippen molar-refractivity contribution in [3.8, 4) is 0 Å². The number of aryl methyl sites for hydroxylation is 3. The highest BCUT2D eigenvalue weighted by Gasteiger charge is 2.19. The third kappa shape index (κ3) is 6.31. The molecule has 1 aromatic rings. The maximum atomic E-state index is 12.4. The summed E-state index contributed by atoms with van der Waals surface area (Å²) in [7, 11) is -3.60. The van der Waals surface area contributed by atoms with E-state index in [0.29, 0.717) is 17.4 Å². The molecule has 23 heavy (non-hydrogen) atoms. The van der Waals surface area contributed by atoms with Crippen molar-refractivity contribution in [3.63, 3.8) is 0 Å². The number of hydrogen-bond donors (Lipinski definition) is 2. The molecule has 0 heterocycles. The fourth-order valence-corrected chi connectivity index (χ4v) is 4.03. The van der Waals surface area contributed by atoms with Gasteiger partial charge in [-0.15, -0.1) is 0 Å². The zero-order valence-corrected chi connectivity index (χ0v) is 15.5. The average molecular weight is 340 g/mol. The number of nitrogens with one attached hydrogen (secondary N) is 2. The third-order valence-electron chi connectivity index (χ3n) is 3.56. The molecule has 0 aliphatic heterocycles. The second-order valence-electron chi connectivity index (χ2n) is 6.41. The van der Waals surface area contributed by atoms with Crippen LogP contribution in [-0.4, -0.2) is 27.4 Å². The lowest BCUT2D eigenvalue weighted by Gasteiger charge is -2.13. The summed E-state index contributed by atoms with van der Waals surface area (Å²) in [6.45, 7) is 10.4. The van der Waals surface area contributed by atoms with Gasteiger partial charge in [0.2, 0.25) is 15.9 Å². The summed E-state index contributed by atoms with van der Waals surface area (Å²) in [4.78, 5) is 12.0. The van der Waals surface area contributed by atoms with Crippen molar-refractivity contribution in [1.29, 1.82) is 0 Å². The van der Waals surface area contributed by atoms with E-state index in [0.717, 1.165) is 23.1 Å². The zero-order valence-electron chi connectivity index (χ0n) is 14.7. The van der Waals surface area contributed by atoms with Crippen molar-refractivity contribution in [3.05, 3.63) is 28.8 Å². The van der Waals surface area contributed by atoms with Gasteiger partial charge in [0.15, 0.2) is 0 Å². The lowest BCUT2D eigenvalue weighted by Crippen LogP contribution is -2.32. The van der Waals surface area contributed by atoms with Gasteiger partial charge in [0.25, 0.3) is 0 Å². The third-order valence-corrected chi connectivity index (χ3v) is 5.33. The molecule has 1 aromatic carbocycles. The fourth-order valence-electron chi connectivity index (χ4n) is 2.55. The second kappa shape index (κ2) is 8.45. The molecule has 0 aromatic heterocycles. The summed E-state index contributed by atoms with van der Waals surface area (Å²) in [5.41, 5.74) is 2.47. The van der Waals surface area contributed by atoms with Crippen LogP contribution in [-0.2, 0) is 14.8 Å². The minimum atomic E-state index is -3.60. The van der Waals surface area contributed by atoms with Gasteiger partial charge in [-0.3, -0.25) is 4.79 Å². The molecular formula is C17H28N2O3S. The molecule has 0 radical (unpaired) electrons. The van der Waals surface area contributed by atoms with Crippen molar-refractivity contribution in [2.45, 2.75) is 52.4 Å². The number of amides is 1. The quantitative estimate of drug-likeness (QED) is 0.763. The van der Waals surface area contributed by atoms with Crippen LogP contribution in [0.3, 0.4) is 0 Å². The Hall–Kier alpha value is -1.40. The van der Waals surface area contributed by atoms with E-state index in [9.17, 15) is 13.2 Å². The molecule has 0 saturated carbocycles. The molecule has 0 spiro atoms. The van der Waals surface area contributed by atoms with Crippen molar-refractivity contribution < 1.29 is 13.2 Å². The van der Waals surface area contributed by atoms with Gasteiger partial charge in [0.1, 0.15) is 0 Å². The minimum absolute atomic E-state index is 0.0998. The molecule has 0 fully saturated rings. The summed E-state index contributed by atoms with van der Waals surface area (Å²) in [5.74, 6) is 0.395. The smallest absolute Gasteiger partial charge is 0.241 e. The molecule has 0 aliphatic rings. The van der Waals surface area contributed by atoms with Crippen LogP contribution in [0, 0.1) is 26.7 Å². The molecule has 1 amide bonds. The first-order valence-electron chi connectivity index (χ1n) is 7.97. The lowest BCUT2D eigenvalue weighted by molar-refractivity contribution is -0.120. The Morgan fingerprint density at radius 2 is 1.65 bits per heavy atom. The zero-order chi connectivity index (χ0) is 17.6. The minimum Gasteiger partial charge on any atom is -0.356 e. The number of benzene rings is 1. The number of carbonyl (C=O) groups excluding carboxylic acids is 1. The summed E-state index contributed by atoms with van der Waals surface area (Å²) >= 11 is 0. The van der Waals surface area contributed by atoms with Crippen LogP contribution in [0.15, 0.2) is 17.0 Å². The Balaban J connectivity index is 2.59. The average Bonchev–Trinajstić information content (AvgIpc) is 2.35.